The number of likely N-dealkylation sites (tertiary alicyclic amines) is 1. The number of allylic oxidation sites excluding steroid dienone is 1. The molecule has 1 aromatic rings. The third-order valence-electron chi connectivity index (χ3n) is 13.6. The zero-order valence-corrected chi connectivity index (χ0v) is 27.1. The molecule has 5 nitrogen and oxygen atoms in total. The lowest BCUT2D eigenvalue weighted by Gasteiger charge is -2.52. The van der Waals surface area contributed by atoms with E-state index in [-0.39, 0.29) is 11.4 Å². The van der Waals surface area contributed by atoms with E-state index in [1.165, 1.54) is 32.1 Å². The molecule has 7 rings (SSSR count). The fourth-order valence-corrected chi connectivity index (χ4v) is 11.4. The Morgan fingerprint density at radius 3 is 2.72 bits per heavy atom. The maximum absolute atomic E-state index is 12.6. The Morgan fingerprint density at radius 2 is 1.91 bits per heavy atom. The fraction of sp³-hybridized carbons (Fsp3) is 0.737. The zero-order chi connectivity index (χ0) is 29.9. The van der Waals surface area contributed by atoms with Gasteiger partial charge in [-0.1, -0.05) is 62.2 Å². The van der Waals surface area contributed by atoms with Crippen molar-refractivity contribution in [2.24, 2.45) is 40.9 Å². The molecule has 2 heterocycles. The summed E-state index contributed by atoms with van der Waals surface area (Å²) >= 11 is 0. The monoisotopic (exact) mass is 586 g/mol. The van der Waals surface area contributed by atoms with Crippen molar-refractivity contribution in [1.29, 1.82) is 0 Å². The lowest BCUT2D eigenvalue weighted by molar-refractivity contribution is -0.129. The summed E-state index contributed by atoms with van der Waals surface area (Å²) in [6.45, 7) is 13.2. The maximum Gasteiger partial charge on any atom is 0.176 e. The average Bonchev–Trinajstić information content (AvgIpc) is 3.46. The summed E-state index contributed by atoms with van der Waals surface area (Å²) in [6.07, 6.45) is 11.6. The highest BCUT2D eigenvalue weighted by Gasteiger charge is 2.60. The Kier molecular flexibility index (Phi) is 8.00. The number of Topliss-reactive ketones (excluding diaryl/α,β-unsaturated/α-hetero) is 2. The van der Waals surface area contributed by atoms with Gasteiger partial charge in [-0.05, 0) is 93.3 Å². The number of ketones is 2. The molecule has 234 valence electrons. The highest BCUT2D eigenvalue weighted by molar-refractivity contribution is 5.97. The van der Waals surface area contributed by atoms with Gasteiger partial charge in [-0.2, -0.15) is 0 Å². The zero-order valence-electron chi connectivity index (χ0n) is 27.1. The van der Waals surface area contributed by atoms with E-state index in [1.807, 2.05) is 30.3 Å². The van der Waals surface area contributed by atoms with Gasteiger partial charge in [-0.3, -0.25) is 14.5 Å². The molecule has 43 heavy (non-hydrogen) atoms. The molecule has 6 aliphatic rings. The minimum absolute atomic E-state index is 0.0520. The molecule has 5 heteroatoms. The average molecular weight is 587 g/mol. The summed E-state index contributed by atoms with van der Waals surface area (Å²) in [5.41, 5.74) is 4.51. The topological polar surface area (TPSA) is 58.6 Å². The first-order chi connectivity index (χ1) is 20.7. The molecule has 1 N–H and O–H groups in total. The standard InChI is InChI=1S/C38H54N2O3/c1-24-18-35-36(40(23-24)17-16-39-22-34(42)27-8-6-5-7-9-27)26(3)38(43-35)15-13-30-31-11-10-28-19-29(41)12-14-37(28,4)33(31)20-32(30)25(2)21-38/h5-9,24,26,28,30-31,33,35-36,39H,10-23H2,1-4H3/t24-,26+,28+,30-,31?,33-,35+,36-,37-,38-/m0/s1. The molecule has 10 atom stereocenters. The molecule has 1 unspecified atom stereocenters. The summed E-state index contributed by atoms with van der Waals surface area (Å²) in [6, 6.07) is 10.1. The van der Waals surface area contributed by atoms with Crippen LogP contribution in [0.1, 0.15) is 102 Å². The van der Waals surface area contributed by atoms with Gasteiger partial charge in [0, 0.05) is 50.0 Å². The lowest BCUT2D eigenvalue weighted by Crippen LogP contribution is -2.53. The van der Waals surface area contributed by atoms with Crippen LogP contribution in [-0.2, 0) is 9.53 Å². The molecule has 1 aromatic carbocycles. The molecule has 5 fully saturated rings. The fourth-order valence-electron chi connectivity index (χ4n) is 11.4. The number of hydrogen-bond acceptors (Lipinski definition) is 5. The summed E-state index contributed by atoms with van der Waals surface area (Å²) < 4.78 is 7.29. The van der Waals surface area contributed by atoms with Gasteiger partial charge in [0.15, 0.2) is 5.78 Å². The predicted molar refractivity (Wildman–Crippen MR) is 171 cm³/mol. The summed E-state index contributed by atoms with van der Waals surface area (Å²) in [4.78, 5) is 27.6. The van der Waals surface area contributed by atoms with Crippen LogP contribution in [0.25, 0.3) is 0 Å². The van der Waals surface area contributed by atoms with Crippen LogP contribution in [0.3, 0.4) is 0 Å². The summed E-state index contributed by atoms with van der Waals surface area (Å²) in [5.74, 6) is 4.71. The summed E-state index contributed by atoms with van der Waals surface area (Å²) in [5, 5.41) is 3.45. The van der Waals surface area contributed by atoms with E-state index in [0.717, 1.165) is 75.1 Å². The molecule has 2 aliphatic heterocycles. The van der Waals surface area contributed by atoms with Gasteiger partial charge in [-0.15, -0.1) is 0 Å². The largest absolute Gasteiger partial charge is 0.369 e. The van der Waals surface area contributed by atoms with Crippen molar-refractivity contribution in [1.82, 2.24) is 10.2 Å². The second-order valence-corrected chi connectivity index (χ2v) is 15.9. The molecule has 0 aromatic heterocycles. The lowest BCUT2D eigenvalue weighted by atomic mass is 9.52. The molecular weight excluding hydrogens is 532 g/mol. The Morgan fingerprint density at radius 1 is 1.09 bits per heavy atom. The van der Waals surface area contributed by atoms with Gasteiger partial charge in [0.2, 0.25) is 0 Å². The number of piperidine rings is 1. The van der Waals surface area contributed by atoms with Gasteiger partial charge < -0.3 is 10.1 Å². The van der Waals surface area contributed by atoms with Gasteiger partial charge >= 0.3 is 0 Å². The number of benzene rings is 1. The Hall–Kier alpha value is -1.82. The molecule has 1 spiro atoms. The highest BCUT2D eigenvalue weighted by Crippen LogP contribution is 2.65. The number of fused-ring (bicyclic) bond motifs is 6. The van der Waals surface area contributed by atoms with Crippen molar-refractivity contribution < 1.29 is 14.3 Å². The molecule has 0 bridgehead atoms. The Labute approximate surface area is 259 Å². The van der Waals surface area contributed by atoms with E-state index in [9.17, 15) is 9.59 Å². The third kappa shape index (κ3) is 5.20. The van der Waals surface area contributed by atoms with Crippen LogP contribution in [0.2, 0.25) is 0 Å². The molecule has 0 amide bonds. The van der Waals surface area contributed by atoms with E-state index in [1.54, 1.807) is 11.1 Å². The van der Waals surface area contributed by atoms with Crippen molar-refractivity contribution in [2.45, 2.75) is 110 Å². The van der Waals surface area contributed by atoms with Crippen molar-refractivity contribution in [3.8, 4) is 0 Å². The number of nitrogens with one attached hydrogen (secondary N) is 1. The van der Waals surface area contributed by atoms with Crippen LogP contribution in [-0.4, -0.2) is 60.4 Å². The van der Waals surface area contributed by atoms with E-state index < -0.39 is 0 Å². The number of rotatable bonds is 6. The minimum Gasteiger partial charge on any atom is -0.369 e. The van der Waals surface area contributed by atoms with Crippen LogP contribution in [0.5, 0.6) is 0 Å². The van der Waals surface area contributed by atoms with Gasteiger partial charge in [-0.25, -0.2) is 0 Å². The van der Waals surface area contributed by atoms with Crippen molar-refractivity contribution in [2.75, 3.05) is 26.2 Å². The van der Waals surface area contributed by atoms with Crippen LogP contribution in [0, 0.1) is 40.9 Å². The molecule has 2 saturated heterocycles. The number of nitrogens with zero attached hydrogens (tertiary/aromatic N) is 1. The van der Waals surface area contributed by atoms with Crippen LogP contribution in [0.15, 0.2) is 41.5 Å². The minimum atomic E-state index is -0.0520. The van der Waals surface area contributed by atoms with Crippen molar-refractivity contribution >= 4 is 11.6 Å². The SMILES string of the molecule is CC1=C2C[C@H]3C(CC[C@@H]4CC(=O)CC[C@@]43C)[C@@H]2CC[C@@]2(C1)O[C@@H]1C[C@H](C)CN(CCNCC(=O)c3ccccc3)[C@H]1[C@H]2C. The normalized spacial score (nSPS) is 42.7. The number of ether oxygens (including phenoxy) is 1. The number of carbonyl (C=O) groups is 2. The summed E-state index contributed by atoms with van der Waals surface area (Å²) in [7, 11) is 0. The molecule has 4 aliphatic carbocycles. The van der Waals surface area contributed by atoms with Gasteiger partial charge in [0.05, 0.1) is 18.2 Å². The van der Waals surface area contributed by atoms with Gasteiger partial charge in [0.1, 0.15) is 5.78 Å². The van der Waals surface area contributed by atoms with Crippen LogP contribution < -0.4 is 5.32 Å². The van der Waals surface area contributed by atoms with Crippen LogP contribution >= 0.6 is 0 Å². The quantitative estimate of drug-likeness (QED) is 0.224. The van der Waals surface area contributed by atoms with E-state index in [4.69, 9.17) is 4.74 Å². The first-order valence-corrected chi connectivity index (χ1v) is 17.6. The second kappa shape index (κ2) is 11.5. The first-order valence-electron chi connectivity index (χ1n) is 17.6. The maximum atomic E-state index is 12.6. The number of carbonyl (C=O) groups excluding carboxylic acids is 2. The first kappa shape index (κ1) is 29.9. The van der Waals surface area contributed by atoms with Gasteiger partial charge in [0.25, 0.3) is 0 Å². The predicted octanol–water partition coefficient (Wildman–Crippen LogP) is 6.87. The van der Waals surface area contributed by atoms with Crippen LogP contribution in [0.4, 0.5) is 0 Å². The van der Waals surface area contributed by atoms with Crippen molar-refractivity contribution in [3.63, 3.8) is 0 Å². The van der Waals surface area contributed by atoms with E-state index in [0.29, 0.717) is 47.6 Å². The highest BCUT2D eigenvalue weighted by atomic mass is 16.5. The second-order valence-electron chi connectivity index (χ2n) is 15.9. The van der Waals surface area contributed by atoms with E-state index in [2.05, 4.69) is 37.9 Å². The Balaban J connectivity index is 1.04. The molecular formula is C38H54N2O3. The molecule has 3 saturated carbocycles. The molecule has 0 radical (unpaired) electrons. The van der Waals surface area contributed by atoms with Crippen molar-refractivity contribution in [3.05, 3.63) is 47.0 Å². The Bertz CT molecular complexity index is 1260. The third-order valence-corrected chi connectivity index (χ3v) is 13.6. The van der Waals surface area contributed by atoms with E-state index >= 15 is 0 Å². The number of hydrogen-bond donors (Lipinski definition) is 1. The smallest absolute Gasteiger partial charge is 0.176 e.